The van der Waals surface area contributed by atoms with Crippen molar-refractivity contribution in [3.8, 4) is 17.1 Å². The molecule has 3 aromatic rings. The van der Waals surface area contributed by atoms with Gasteiger partial charge in [-0.2, -0.15) is 0 Å². The Morgan fingerprint density at radius 1 is 1.08 bits per heavy atom. The van der Waals surface area contributed by atoms with Gasteiger partial charge in [0.05, 0.1) is 12.2 Å². The molecule has 0 unspecified atom stereocenters. The number of alkyl halides is 3. The molecule has 2 aromatic carbocycles. The number of nitrogens with zero attached hydrogens (tertiary/aromatic N) is 4. The Balaban J connectivity index is 1.55. The van der Waals surface area contributed by atoms with Gasteiger partial charge in [-0.3, -0.25) is 4.99 Å². The summed E-state index contributed by atoms with van der Waals surface area (Å²) in [4.78, 5) is 4.33. The van der Waals surface area contributed by atoms with Crippen molar-refractivity contribution in [1.82, 2.24) is 14.8 Å². The lowest BCUT2D eigenvalue weighted by atomic mass is 10.1. The Hall–Kier alpha value is -3.16. The number of benzene rings is 2. The van der Waals surface area contributed by atoms with Crippen LogP contribution in [-0.4, -0.2) is 27.3 Å². The molecule has 1 aromatic heterocycles. The van der Waals surface area contributed by atoms with Crippen LogP contribution in [0.25, 0.3) is 11.4 Å². The Bertz CT molecular complexity index is 961. The molecule has 0 atom stereocenters. The van der Waals surface area contributed by atoms with Gasteiger partial charge in [0, 0.05) is 18.2 Å². The van der Waals surface area contributed by atoms with E-state index in [9.17, 15) is 13.2 Å². The predicted octanol–water partition coefficient (Wildman–Crippen LogP) is 4.15. The first kappa shape index (κ1) is 16.3. The number of aromatic nitrogens is 3. The molecule has 0 saturated carbocycles. The van der Waals surface area contributed by atoms with E-state index in [0.717, 1.165) is 23.2 Å². The molecule has 0 aliphatic carbocycles. The molecule has 0 amide bonds. The van der Waals surface area contributed by atoms with Crippen molar-refractivity contribution in [2.45, 2.75) is 19.3 Å². The van der Waals surface area contributed by atoms with Crippen LogP contribution in [0, 0.1) is 0 Å². The summed E-state index contributed by atoms with van der Waals surface area (Å²) >= 11 is 0. The molecule has 0 N–H and O–H groups in total. The Morgan fingerprint density at radius 2 is 1.88 bits per heavy atom. The van der Waals surface area contributed by atoms with Gasteiger partial charge in [-0.25, -0.2) is 0 Å². The third kappa shape index (κ3) is 3.44. The molecule has 0 fully saturated rings. The lowest BCUT2D eigenvalue weighted by molar-refractivity contribution is -0.274. The number of hydrogen-bond donors (Lipinski definition) is 0. The molecule has 26 heavy (non-hydrogen) atoms. The van der Waals surface area contributed by atoms with Gasteiger partial charge in [0.2, 0.25) is 0 Å². The standard InChI is InChI=1S/C18H13F3N4O/c19-18(20,21)26-15-5-1-12(2-6-15)10-25-11-23-24-17(25)14-4-3-13-7-8-22-16(13)9-14/h1-6,8-9,11H,7,10H2. The zero-order valence-corrected chi connectivity index (χ0v) is 13.4. The molecule has 0 radical (unpaired) electrons. The monoisotopic (exact) mass is 358 g/mol. The van der Waals surface area contributed by atoms with Crippen molar-refractivity contribution in [2.24, 2.45) is 4.99 Å². The number of fused-ring (bicyclic) bond motifs is 1. The summed E-state index contributed by atoms with van der Waals surface area (Å²) in [5.74, 6) is 0.423. The first-order chi connectivity index (χ1) is 12.5. The highest BCUT2D eigenvalue weighted by atomic mass is 19.4. The predicted molar refractivity (Wildman–Crippen MR) is 89.5 cm³/mol. The molecule has 1 aliphatic rings. The molecule has 0 bridgehead atoms. The van der Waals surface area contributed by atoms with Crippen LogP contribution in [0.4, 0.5) is 18.9 Å². The van der Waals surface area contributed by atoms with Crippen LogP contribution in [0.1, 0.15) is 11.1 Å². The minimum atomic E-state index is -4.70. The summed E-state index contributed by atoms with van der Waals surface area (Å²) in [5, 5.41) is 8.12. The second kappa shape index (κ2) is 6.29. The largest absolute Gasteiger partial charge is 0.573 e. The number of aliphatic imine (C=N–C) groups is 1. The summed E-state index contributed by atoms with van der Waals surface area (Å²) in [6.07, 6.45) is -0.413. The molecular formula is C18H13F3N4O. The zero-order valence-electron chi connectivity index (χ0n) is 13.4. The topological polar surface area (TPSA) is 52.3 Å². The lowest BCUT2D eigenvalue weighted by Crippen LogP contribution is -2.17. The highest BCUT2D eigenvalue weighted by Gasteiger charge is 2.30. The number of hydrogen-bond acceptors (Lipinski definition) is 4. The quantitative estimate of drug-likeness (QED) is 0.704. The highest BCUT2D eigenvalue weighted by molar-refractivity contribution is 5.78. The normalized spacial score (nSPS) is 13.0. The van der Waals surface area contributed by atoms with Gasteiger partial charge in [-0.15, -0.1) is 23.4 Å². The Morgan fingerprint density at radius 3 is 2.65 bits per heavy atom. The van der Waals surface area contributed by atoms with E-state index in [1.54, 1.807) is 18.5 Å². The summed E-state index contributed by atoms with van der Waals surface area (Å²) < 4.78 is 42.4. The molecule has 2 heterocycles. The molecule has 8 heteroatoms. The number of ether oxygens (including phenoxy) is 1. The second-order valence-electron chi connectivity index (χ2n) is 5.83. The van der Waals surface area contributed by atoms with Crippen molar-refractivity contribution >= 4 is 11.9 Å². The molecule has 1 aliphatic heterocycles. The Labute approximate surface area is 146 Å². The van der Waals surface area contributed by atoms with E-state index >= 15 is 0 Å². The minimum absolute atomic E-state index is 0.248. The van der Waals surface area contributed by atoms with Crippen LogP contribution in [0.2, 0.25) is 0 Å². The average molecular weight is 358 g/mol. The van der Waals surface area contributed by atoms with Crippen molar-refractivity contribution < 1.29 is 17.9 Å². The third-order valence-electron chi connectivity index (χ3n) is 4.01. The van der Waals surface area contributed by atoms with E-state index in [1.807, 2.05) is 29.0 Å². The van der Waals surface area contributed by atoms with Crippen LogP contribution >= 0.6 is 0 Å². The average Bonchev–Trinajstić information content (AvgIpc) is 3.23. The maximum atomic E-state index is 12.2. The number of rotatable bonds is 4. The zero-order chi connectivity index (χ0) is 18.1. The summed E-state index contributed by atoms with van der Waals surface area (Å²) in [7, 11) is 0. The summed E-state index contributed by atoms with van der Waals surface area (Å²) in [6.45, 7) is 0.426. The third-order valence-corrected chi connectivity index (χ3v) is 4.01. The van der Waals surface area contributed by atoms with Crippen molar-refractivity contribution in [3.05, 3.63) is 59.9 Å². The molecular weight excluding hydrogens is 345 g/mol. The fraction of sp³-hybridized carbons (Fsp3) is 0.167. The van der Waals surface area contributed by atoms with E-state index in [2.05, 4.69) is 19.9 Å². The van der Waals surface area contributed by atoms with Gasteiger partial charge < -0.3 is 9.30 Å². The van der Waals surface area contributed by atoms with Crippen LogP contribution in [0.15, 0.2) is 53.8 Å². The van der Waals surface area contributed by atoms with Crippen molar-refractivity contribution in [2.75, 3.05) is 0 Å². The van der Waals surface area contributed by atoms with Crippen LogP contribution in [0.3, 0.4) is 0 Å². The van der Waals surface area contributed by atoms with E-state index < -0.39 is 6.36 Å². The fourth-order valence-electron chi connectivity index (χ4n) is 2.83. The molecule has 0 spiro atoms. The molecule has 132 valence electrons. The first-order valence-corrected chi connectivity index (χ1v) is 7.86. The van der Waals surface area contributed by atoms with E-state index in [4.69, 9.17) is 0 Å². The van der Waals surface area contributed by atoms with E-state index in [1.165, 1.54) is 17.7 Å². The van der Waals surface area contributed by atoms with Gasteiger partial charge in [-0.05, 0) is 29.3 Å². The van der Waals surface area contributed by atoms with Gasteiger partial charge in [-0.1, -0.05) is 24.3 Å². The summed E-state index contributed by atoms with van der Waals surface area (Å²) in [6, 6.07) is 11.7. The van der Waals surface area contributed by atoms with Gasteiger partial charge in [0.1, 0.15) is 12.1 Å². The molecule has 0 saturated heterocycles. The van der Waals surface area contributed by atoms with Crippen LogP contribution < -0.4 is 4.74 Å². The minimum Gasteiger partial charge on any atom is -0.406 e. The summed E-state index contributed by atoms with van der Waals surface area (Å²) in [5.41, 5.74) is 3.78. The highest BCUT2D eigenvalue weighted by Crippen LogP contribution is 2.30. The van der Waals surface area contributed by atoms with Gasteiger partial charge >= 0.3 is 6.36 Å². The molecule has 4 rings (SSSR count). The lowest BCUT2D eigenvalue weighted by Gasteiger charge is -2.10. The molecule has 5 nitrogen and oxygen atoms in total. The van der Waals surface area contributed by atoms with Gasteiger partial charge in [0.15, 0.2) is 5.82 Å². The van der Waals surface area contributed by atoms with Crippen LogP contribution in [0.5, 0.6) is 5.75 Å². The SMILES string of the molecule is FC(F)(F)Oc1ccc(Cn2cnnc2-c2ccc3c(c2)N=CC3)cc1. The fourth-order valence-corrected chi connectivity index (χ4v) is 2.83. The van der Waals surface area contributed by atoms with Crippen LogP contribution in [-0.2, 0) is 13.0 Å². The van der Waals surface area contributed by atoms with Crippen molar-refractivity contribution in [1.29, 1.82) is 0 Å². The Kier molecular flexibility index (Phi) is 3.95. The second-order valence-corrected chi connectivity index (χ2v) is 5.83. The first-order valence-electron chi connectivity index (χ1n) is 7.86. The van der Waals surface area contributed by atoms with Crippen molar-refractivity contribution in [3.63, 3.8) is 0 Å². The van der Waals surface area contributed by atoms with E-state index in [-0.39, 0.29) is 5.75 Å². The maximum Gasteiger partial charge on any atom is 0.573 e. The number of halogens is 3. The maximum absolute atomic E-state index is 12.2. The smallest absolute Gasteiger partial charge is 0.406 e. The van der Waals surface area contributed by atoms with Gasteiger partial charge in [0.25, 0.3) is 0 Å². The van der Waals surface area contributed by atoms with E-state index in [0.29, 0.717) is 12.4 Å².